The van der Waals surface area contributed by atoms with E-state index in [0.717, 1.165) is 32.6 Å². The van der Waals surface area contributed by atoms with Crippen LogP contribution in [0.5, 0.6) is 0 Å². The van der Waals surface area contributed by atoms with Gasteiger partial charge in [-0.1, -0.05) is 0 Å². The number of hydrogen-bond donors (Lipinski definition) is 1. The molecule has 17 heavy (non-hydrogen) atoms. The molecule has 1 unspecified atom stereocenters. The quantitative estimate of drug-likeness (QED) is 0.682. The smallest absolute Gasteiger partial charge is 0.248 e. The molecule has 1 N–H and O–H groups in total. The van der Waals surface area contributed by atoms with Crippen LogP contribution in [-0.2, 0) is 14.3 Å². The molecule has 2 saturated heterocycles. The maximum Gasteiger partial charge on any atom is 0.248 e. The zero-order chi connectivity index (χ0) is 12.1. The molecular weight excluding hydrogens is 220 g/mol. The summed E-state index contributed by atoms with van der Waals surface area (Å²) in [5.41, 5.74) is 0.349. The Labute approximate surface area is 102 Å². The Morgan fingerprint density at radius 3 is 3.00 bits per heavy atom. The highest BCUT2D eigenvalue weighted by molar-refractivity contribution is 5.77. The lowest BCUT2D eigenvalue weighted by Gasteiger charge is -2.22. The number of amides is 1. The van der Waals surface area contributed by atoms with Gasteiger partial charge in [0.25, 0.3) is 0 Å². The second kappa shape index (κ2) is 5.80. The number of rotatable bonds is 5. The van der Waals surface area contributed by atoms with Crippen LogP contribution in [0.1, 0.15) is 12.8 Å². The summed E-state index contributed by atoms with van der Waals surface area (Å²) in [5.74, 6) is 0.116. The van der Waals surface area contributed by atoms with Crippen molar-refractivity contribution >= 4 is 5.91 Å². The first-order valence-electron chi connectivity index (χ1n) is 6.31. The molecule has 2 heterocycles. The van der Waals surface area contributed by atoms with E-state index in [9.17, 15) is 4.79 Å². The Balaban J connectivity index is 1.70. The summed E-state index contributed by atoms with van der Waals surface area (Å²) in [7, 11) is 1.63. The van der Waals surface area contributed by atoms with Crippen molar-refractivity contribution in [2.24, 2.45) is 5.41 Å². The minimum Gasteiger partial charge on any atom is -0.382 e. The second-order valence-electron chi connectivity index (χ2n) is 5.04. The van der Waals surface area contributed by atoms with E-state index in [-0.39, 0.29) is 12.5 Å². The molecule has 98 valence electrons. The van der Waals surface area contributed by atoms with Gasteiger partial charge in [0.05, 0.1) is 13.2 Å². The minimum atomic E-state index is 0.116. The van der Waals surface area contributed by atoms with Crippen LogP contribution in [0.25, 0.3) is 0 Å². The highest BCUT2D eigenvalue weighted by atomic mass is 16.5. The molecule has 5 heteroatoms. The van der Waals surface area contributed by atoms with Crippen molar-refractivity contribution in [1.82, 2.24) is 10.2 Å². The van der Waals surface area contributed by atoms with Crippen LogP contribution in [-0.4, -0.2) is 63.9 Å². The zero-order valence-corrected chi connectivity index (χ0v) is 10.5. The number of nitrogens with zero attached hydrogens (tertiary/aromatic N) is 1. The maximum absolute atomic E-state index is 11.9. The Morgan fingerprint density at radius 1 is 1.41 bits per heavy atom. The van der Waals surface area contributed by atoms with Gasteiger partial charge in [-0.2, -0.15) is 0 Å². The molecule has 0 saturated carbocycles. The predicted octanol–water partition coefficient (Wildman–Crippen LogP) is -0.139. The van der Waals surface area contributed by atoms with Crippen molar-refractivity contribution in [2.45, 2.75) is 12.8 Å². The maximum atomic E-state index is 11.9. The van der Waals surface area contributed by atoms with E-state index in [0.29, 0.717) is 18.6 Å². The van der Waals surface area contributed by atoms with Gasteiger partial charge in [0.15, 0.2) is 0 Å². The van der Waals surface area contributed by atoms with Crippen LogP contribution in [0.3, 0.4) is 0 Å². The molecule has 2 rings (SSSR count). The van der Waals surface area contributed by atoms with Crippen molar-refractivity contribution in [3.63, 3.8) is 0 Å². The largest absolute Gasteiger partial charge is 0.382 e. The van der Waals surface area contributed by atoms with Gasteiger partial charge in [0, 0.05) is 32.2 Å². The topological polar surface area (TPSA) is 50.8 Å². The van der Waals surface area contributed by atoms with E-state index in [4.69, 9.17) is 9.47 Å². The van der Waals surface area contributed by atoms with Gasteiger partial charge in [-0.3, -0.25) is 4.79 Å². The van der Waals surface area contributed by atoms with Crippen molar-refractivity contribution in [3.05, 3.63) is 0 Å². The summed E-state index contributed by atoms with van der Waals surface area (Å²) < 4.78 is 10.1. The van der Waals surface area contributed by atoms with Gasteiger partial charge in [0.1, 0.15) is 6.61 Å². The third-order valence-corrected chi connectivity index (χ3v) is 3.78. The number of methoxy groups -OCH3 is 1. The van der Waals surface area contributed by atoms with E-state index in [1.165, 1.54) is 6.42 Å². The molecule has 0 bridgehead atoms. The van der Waals surface area contributed by atoms with Gasteiger partial charge in [-0.05, 0) is 19.4 Å². The standard InChI is InChI=1S/C12H22N2O3/c1-16-6-7-17-8-11(15)14-5-3-12(10-14)2-4-13-9-12/h13H,2-10H2,1H3. The molecule has 0 aliphatic carbocycles. The SMILES string of the molecule is COCCOCC(=O)N1CCC2(CCNC2)C1. The van der Waals surface area contributed by atoms with E-state index in [2.05, 4.69) is 5.32 Å². The molecule has 0 radical (unpaired) electrons. The molecule has 0 aromatic heterocycles. The number of carbonyl (C=O) groups excluding carboxylic acids is 1. The summed E-state index contributed by atoms with van der Waals surface area (Å²) in [5, 5.41) is 3.39. The highest BCUT2D eigenvalue weighted by Crippen LogP contribution is 2.35. The monoisotopic (exact) mass is 242 g/mol. The molecular formula is C12H22N2O3. The fourth-order valence-corrected chi connectivity index (χ4v) is 2.68. The van der Waals surface area contributed by atoms with E-state index < -0.39 is 0 Å². The van der Waals surface area contributed by atoms with Crippen molar-refractivity contribution in [1.29, 1.82) is 0 Å². The van der Waals surface area contributed by atoms with Gasteiger partial charge < -0.3 is 19.7 Å². The molecule has 0 aromatic rings. The highest BCUT2D eigenvalue weighted by Gasteiger charge is 2.41. The number of hydrogen-bond acceptors (Lipinski definition) is 4. The lowest BCUT2D eigenvalue weighted by Crippen LogP contribution is -2.35. The summed E-state index contributed by atoms with van der Waals surface area (Å²) in [6.45, 7) is 5.14. The van der Waals surface area contributed by atoms with E-state index >= 15 is 0 Å². The van der Waals surface area contributed by atoms with Crippen LogP contribution in [0.2, 0.25) is 0 Å². The van der Waals surface area contributed by atoms with E-state index in [1.807, 2.05) is 4.90 Å². The molecule has 1 atom stereocenters. The fraction of sp³-hybridized carbons (Fsp3) is 0.917. The van der Waals surface area contributed by atoms with Crippen molar-refractivity contribution in [3.8, 4) is 0 Å². The third-order valence-electron chi connectivity index (χ3n) is 3.78. The number of ether oxygens (including phenoxy) is 2. The zero-order valence-electron chi connectivity index (χ0n) is 10.5. The summed E-state index contributed by atoms with van der Waals surface area (Å²) in [6.07, 6.45) is 2.32. The Bertz CT molecular complexity index is 264. The van der Waals surface area contributed by atoms with Gasteiger partial charge in [-0.25, -0.2) is 0 Å². The van der Waals surface area contributed by atoms with Crippen LogP contribution in [0, 0.1) is 5.41 Å². The first kappa shape index (κ1) is 12.8. The number of nitrogens with one attached hydrogen (secondary N) is 1. The predicted molar refractivity (Wildman–Crippen MR) is 63.8 cm³/mol. The van der Waals surface area contributed by atoms with Gasteiger partial charge >= 0.3 is 0 Å². The number of carbonyl (C=O) groups is 1. The average Bonchev–Trinajstić information content (AvgIpc) is 2.96. The van der Waals surface area contributed by atoms with Gasteiger partial charge in [-0.15, -0.1) is 0 Å². The average molecular weight is 242 g/mol. The molecule has 2 fully saturated rings. The third kappa shape index (κ3) is 3.18. The summed E-state index contributed by atoms with van der Waals surface area (Å²) >= 11 is 0. The first-order chi connectivity index (χ1) is 8.26. The van der Waals surface area contributed by atoms with Crippen LogP contribution >= 0.6 is 0 Å². The summed E-state index contributed by atoms with van der Waals surface area (Å²) in [6, 6.07) is 0. The van der Waals surface area contributed by atoms with Crippen molar-refractivity contribution < 1.29 is 14.3 Å². The normalized spacial score (nSPS) is 28.2. The van der Waals surface area contributed by atoms with Gasteiger partial charge in [0.2, 0.25) is 5.91 Å². The molecule has 0 aromatic carbocycles. The second-order valence-corrected chi connectivity index (χ2v) is 5.04. The molecule has 2 aliphatic heterocycles. The summed E-state index contributed by atoms with van der Waals surface area (Å²) in [4.78, 5) is 13.8. The van der Waals surface area contributed by atoms with Crippen LogP contribution < -0.4 is 5.32 Å². The Kier molecular flexibility index (Phi) is 4.36. The van der Waals surface area contributed by atoms with Crippen molar-refractivity contribution in [2.75, 3.05) is 53.1 Å². The lowest BCUT2D eigenvalue weighted by molar-refractivity contribution is -0.135. The fourth-order valence-electron chi connectivity index (χ4n) is 2.68. The van der Waals surface area contributed by atoms with Crippen LogP contribution in [0.15, 0.2) is 0 Å². The van der Waals surface area contributed by atoms with E-state index in [1.54, 1.807) is 7.11 Å². The molecule has 1 spiro atoms. The van der Waals surface area contributed by atoms with Crippen LogP contribution in [0.4, 0.5) is 0 Å². The molecule has 2 aliphatic rings. The minimum absolute atomic E-state index is 0.116. The Morgan fingerprint density at radius 2 is 2.29 bits per heavy atom. The molecule has 5 nitrogen and oxygen atoms in total. The Hall–Kier alpha value is -0.650. The number of likely N-dealkylation sites (tertiary alicyclic amines) is 1. The lowest BCUT2D eigenvalue weighted by atomic mass is 9.87. The first-order valence-corrected chi connectivity index (χ1v) is 6.31. The molecule has 1 amide bonds.